The predicted molar refractivity (Wildman–Crippen MR) is 169 cm³/mol. The summed E-state index contributed by atoms with van der Waals surface area (Å²) in [5.74, 6) is 0.554. The van der Waals surface area contributed by atoms with Gasteiger partial charge in [-0.2, -0.15) is 13.2 Å². The van der Waals surface area contributed by atoms with E-state index in [1.165, 1.54) is 13.0 Å². The molecule has 4 nitrogen and oxygen atoms in total. The lowest BCUT2D eigenvalue weighted by molar-refractivity contribution is -0.137. The number of rotatable bonds is 12. The highest BCUT2D eigenvalue weighted by Gasteiger charge is 2.34. The van der Waals surface area contributed by atoms with Gasteiger partial charge < -0.3 is 9.64 Å². The molecule has 228 valence electrons. The minimum absolute atomic E-state index is 0. The number of hydrogen-bond acceptors (Lipinski definition) is 3. The molecule has 43 heavy (non-hydrogen) atoms. The first-order valence-corrected chi connectivity index (χ1v) is 14.1. The Bertz CT molecular complexity index is 1410. The van der Waals surface area contributed by atoms with Gasteiger partial charge in [-0.25, -0.2) is 0 Å². The SMILES string of the molecule is CC(=O)N(C)c1cccc(OCCCN(Cc2cccc(C(F)(F)F)c2Cl)CC(c2ccccc2)c2ccccc2)c1.Cl. The molecule has 0 atom stereocenters. The molecule has 1 amide bonds. The molecule has 0 N–H and O–H groups in total. The minimum Gasteiger partial charge on any atom is -0.493 e. The van der Waals surface area contributed by atoms with Gasteiger partial charge in [0.05, 0.1) is 17.2 Å². The Kier molecular flexibility index (Phi) is 12.5. The normalized spacial score (nSPS) is 11.3. The first-order chi connectivity index (χ1) is 20.1. The molecule has 0 aromatic heterocycles. The number of anilines is 1. The number of ether oxygens (including phenoxy) is 1. The van der Waals surface area contributed by atoms with Crippen molar-refractivity contribution >= 4 is 35.6 Å². The maximum atomic E-state index is 13.6. The van der Waals surface area contributed by atoms with Crippen molar-refractivity contribution < 1.29 is 22.7 Å². The van der Waals surface area contributed by atoms with Crippen molar-refractivity contribution in [3.8, 4) is 5.75 Å². The average molecular weight is 632 g/mol. The molecule has 4 aromatic carbocycles. The van der Waals surface area contributed by atoms with Crippen LogP contribution in [0.1, 0.15) is 41.5 Å². The van der Waals surface area contributed by atoms with Crippen molar-refractivity contribution in [3.63, 3.8) is 0 Å². The first kappa shape index (κ1) is 34.0. The van der Waals surface area contributed by atoms with E-state index >= 15 is 0 Å². The van der Waals surface area contributed by atoms with Gasteiger partial charge in [0, 0.05) is 51.3 Å². The van der Waals surface area contributed by atoms with Crippen LogP contribution in [-0.2, 0) is 17.5 Å². The van der Waals surface area contributed by atoms with E-state index in [-0.39, 0.29) is 35.8 Å². The topological polar surface area (TPSA) is 32.8 Å². The lowest BCUT2D eigenvalue weighted by atomic mass is 9.90. The van der Waals surface area contributed by atoms with Crippen LogP contribution in [0.2, 0.25) is 5.02 Å². The molecule has 0 saturated heterocycles. The number of carbonyl (C=O) groups is 1. The Balaban J connectivity index is 0.00000506. The summed E-state index contributed by atoms with van der Waals surface area (Å²) < 4.78 is 46.8. The van der Waals surface area contributed by atoms with Crippen LogP contribution in [0.5, 0.6) is 5.75 Å². The number of carbonyl (C=O) groups excluding carboxylic acids is 1. The Hall–Kier alpha value is -3.52. The molecule has 0 bridgehead atoms. The Labute approximate surface area is 262 Å². The Morgan fingerprint density at radius 1 is 0.884 bits per heavy atom. The van der Waals surface area contributed by atoms with Gasteiger partial charge in [-0.1, -0.05) is 90.5 Å². The average Bonchev–Trinajstić information content (AvgIpc) is 2.98. The smallest absolute Gasteiger partial charge is 0.417 e. The van der Waals surface area contributed by atoms with Crippen molar-refractivity contribution in [3.05, 3.63) is 130 Å². The molecular formula is C34H35Cl2F3N2O2. The molecule has 0 aliphatic rings. The van der Waals surface area contributed by atoms with Crippen LogP contribution in [0.3, 0.4) is 0 Å². The van der Waals surface area contributed by atoms with Crippen molar-refractivity contribution in [1.82, 2.24) is 4.90 Å². The third-order valence-electron chi connectivity index (χ3n) is 7.19. The van der Waals surface area contributed by atoms with E-state index in [2.05, 4.69) is 29.2 Å². The molecule has 0 heterocycles. The number of hydrogen-bond donors (Lipinski definition) is 0. The van der Waals surface area contributed by atoms with Gasteiger partial charge >= 0.3 is 6.18 Å². The molecule has 0 fully saturated rings. The number of nitrogens with zero attached hydrogens (tertiary/aromatic N) is 2. The van der Waals surface area contributed by atoms with Crippen molar-refractivity contribution in [1.29, 1.82) is 0 Å². The largest absolute Gasteiger partial charge is 0.493 e. The molecular weight excluding hydrogens is 596 g/mol. The zero-order chi connectivity index (χ0) is 30.1. The molecule has 0 saturated carbocycles. The van der Waals surface area contributed by atoms with Crippen LogP contribution in [0.25, 0.3) is 0 Å². The van der Waals surface area contributed by atoms with E-state index < -0.39 is 11.7 Å². The molecule has 4 aromatic rings. The molecule has 0 spiro atoms. The summed E-state index contributed by atoms with van der Waals surface area (Å²) in [7, 11) is 1.70. The summed E-state index contributed by atoms with van der Waals surface area (Å²) in [5, 5.41) is -0.270. The fraction of sp³-hybridized carbons (Fsp3) is 0.265. The zero-order valence-corrected chi connectivity index (χ0v) is 25.6. The van der Waals surface area contributed by atoms with Gasteiger partial charge in [-0.15, -0.1) is 12.4 Å². The van der Waals surface area contributed by atoms with E-state index in [4.69, 9.17) is 16.3 Å². The van der Waals surface area contributed by atoms with E-state index in [9.17, 15) is 18.0 Å². The van der Waals surface area contributed by atoms with E-state index in [1.54, 1.807) is 18.0 Å². The highest BCUT2D eigenvalue weighted by molar-refractivity contribution is 6.32. The fourth-order valence-corrected chi connectivity index (χ4v) is 5.16. The molecule has 0 aliphatic carbocycles. The molecule has 0 unspecified atom stereocenters. The van der Waals surface area contributed by atoms with Crippen LogP contribution in [0.4, 0.5) is 18.9 Å². The van der Waals surface area contributed by atoms with Crippen LogP contribution < -0.4 is 9.64 Å². The van der Waals surface area contributed by atoms with Crippen molar-refractivity contribution in [2.45, 2.75) is 32.0 Å². The molecule has 4 rings (SSSR count). The summed E-state index contributed by atoms with van der Waals surface area (Å²) in [4.78, 5) is 15.4. The van der Waals surface area contributed by atoms with E-state index in [0.717, 1.165) is 22.9 Å². The number of alkyl halides is 3. The third-order valence-corrected chi connectivity index (χ3v) is 7.63. The van der Waals surface area contributed by atoms with Gasteiger partial charge in [-0.05, 0) is 41.3 Å². The van der Waals surface area contributed by atoms with Crippen LogP contribution >= 0.6 is 24.0 Å². The maximum Gasteiger partial charge on any atom is 0.417 e. The number of benzene rings is 4. The second-order valence-corrected chi connectivity index (χ2v) is 10.5. The minimum atomic E-state index is -4.53. The summed E-state index contributed by atoms with van der Waals surface area (Å²) in [6, 6.07) is 31.5. The lowest BCUT2D eigenvalue weighted by Crippen LogP contribution is -2.31. The first-order valence-electron chi connectivity index (χ1n) is 13.8. The van der Waals surface area contributed by atoms with Crippen molar-refractivity contribution in [2.75, 3.05) is 31.6 Å². The second kappa shape index (κ2) is 15.8. The van der Waals surface area contributed by atoms with Gasteiger partial charge in [0.2, 0.25) is 5.91 Å². The summed E-state index contributed by atoms with van der Waals surface area (Å²) in [6.45, 7) is 3.27. The highest BCUT2D eigenvalue weighted by Crippen LogP contribution is 2.37. The van der Waals surface area contributed by atoms with Crippen LogP contribution in [0, 0.1) is 0 Å². The fourth-order valence-electron chi connectivity index (χ4n) is 4.87. The van der Waals surface area contributed by atoms with Gasteiger partial charge in [0.1, 0.15) is 5.75 Å². The monoisotopic (exact) mass is 630 g/mol. The molecule has 0 aliphatic heterocycles. The van der Waals surface area contributed by atoms with E-state index in [1.807, 2.05) is 60.7 Å². The van der Waals surface area contributed by atoms with E-state index in [0.29, 0.717) is 37.4 Å². The molecule has 9 heteroatoms. The van der Waals surface area contributed by atoms with Gasteiger partial charge in [-0.3, -0.25) is 9.69 Å². The quantitative estimate of drug-likeness (QED) is 0.147. The standard InChI is InChI=1S/C34H34ClF3N2O2.ClH/c1-25(41)39(2)29-17-10-18-30(22-29)42-21-11-20-40(23-28-16-9-19-32(33(28)35)34(36,37)38)24-31(26-12-5-3-6-13-26)27-14-7-4-8-15-27;/h3-10,12-19,22,31H,11,20-21,23-24H2,1-2H3;1H. The van der Waals surface area contributed by atoms with Crippen LogP contribution in [0.15, 0.2) is 103 Å². The van der Waals surface area contributed by atoms with Gasteiger partial charge in [0.25, 0.3) is 0 Å². The predicted octanol–water partition coefficient (Wildman–Crippen LogP) is 8.87. The zero-order valence-electron chi connectivity index (χ0n) is 24.1. The lowest BCUT2D eigenvalue weighted by Gasteiger charge is -2.29. The maximum absolute atomic E-state index is 13.6. The van der Waals surface area contributed by atoms with Gasteiger partial charge in [0.15, 0.2) is 0 Å². The highest BCUT2D eigenvalue weighted by atomic mass is 35.5. The van der Waals surface area contributed by atoms with Crippen molar-refractivity contribution in [2.24, 2.45) is 0 Å². The Morgan fingerprint density at radius 2 is 1.49 bits per heavy atom. The summed E-state index contributed by atoms with van der Waals surface area (Å²) >= 11 is 6.31. The summed E-state index contributed by atoms with van der Waals surface area (Å²) in [5.41, 5.74) is 2.56. The number of halogens is 5. The third kappa shape index (κ3) is 9.48. The molecule has 0 radical (unpaired) electrons. The second-order valence-electron chi connectivity index (χ2n) is 10.2. The van der Waals surface area contributed by atoms with Crippen LogP contribution in [-0.4, -0.2) is 37.6 Å². The Morgan fingerprint density at radius 3 is 2.07 bits per heavy atom. The number of amides is 1. The summed E-state index contributed by atoms with van der Waals surface area (Å²) in [6.07, 6.45) is -3.91.